The average Bonchev–Trinajstić information content (AvgIpc) is 3.24. The molecule has 0 aliphatic carbocycles. The molecule has 0 radical (unpaired) electrons. The number of rotatable bonds is 5. The number of halogens is 2. The van der Waals surface area contributed by atoms with Crippen LogP contribution in [0.15, 0.2) is 78.9 Å². The molecule has 2 atom stereocenters. The zero-order valence-electron chi connectivity index (χ0n) is 16.5. The summed E-state index contributed by atoms with van der Waals surface area (Å²) in [5, 5.41) is 3.14. The molecule has 0 saturated carbocycles. The summed E-state index contributed by atoms with van der Waals surface area (Å²) >= 11 is 7.71. The van der Waals surface area contributed by atoms with E-state index in [1.807, 2.05) is 24.3 Å². The van der Waals surface area contributed by atoms with Gasteiger partial charge in [0.1, 0.15) is 17.2 Å². The first-order valence-corrected chi connectivity index (χ1v) is 11.2. The zero-order valence-corrected chi connectivity index (χ0v) is 18.1. The first kappa shape index (κ1) is 21.4. The van der Waals surface area contributed by atoms with Crippen molar-refractivity contribution in [2.45, 2.75) is 18.0 Å². The number of amides is 2. The van der Waals surface area contributed by atoms with E-state index in [0.29, 0.717) is 16.3 Å². The molecule has 1 aliphatic rings. The second-order valence-corrected chi connectivity index (χ2v) is 8.73. The molecular formula is C24H20ClFN2O2S. The number of carbonyl (C=O) groups excluding carboxylic acids is 2. The van der Waals surface area contributed by atoms with E-state index >= 15 is 0 Å². The maximum Gasteiger partial charge on any atom is 0.255 e. The van der Waals surface area contributed by atoms with Gasteiger partial charge in [-0.1, -0.05) is 54.1 Å². The van der Waals surface area contributed by atoms with Crippen LogP contribution in [0, 0.1) is 5.82 Å². The number of nitrogens with zero attached hydrogens (tertiary/aromatic N) is 1. The molecule has 2 unspecified atom stereocenters. The summed E-state index contributed by atoms with van der Waals surface area (Å²) in [6.45, 7) is 0.259. The minimum atomic E-state index is -0.637. The smallest absolute Gasteiger partial charge is 0.255 e. The predicted octanol–water partition coefficient (Wildman–Crippen LogP) is 5.05. The van der Waals surface area contributed by atoms with Crippen molar-refractivity contribution in [3.05, 3.63) is 106 Å². The Kier molecular flexibility index (Phi) is 6.59. The Morgan fingerprint density at radius 3 is 2.48 bits per heavy atom. The van der Waals surface area contributed by atoms with Crippen molar-refractivity contribution in [3.8, 4) is 0 Å². The second kappa shape index (κ2) is 9.54. The average molecular weight is 455 g/mol. The van der Waals surface area contributed by atoms with E-state index in [4.69, 9.17) is 11.6 Å². The number of nitrogens with one attached hydrogen (secondary N) is 1. The van der Waals surface area contributed by atoms with Gasteiger partial charge in [-0.2, -0.15) is 0 Å². The van der Waals surface area contributed by atoms with E-state index in [0.717, 1.165) is 11.1 Å². The summed E-state index contributed by atoms with van der Waals surface area (Å²) in [4.78, 5) is 28.1. The summed E-state index contributed by atoms with van der Waals surface area (Å²) in [5.74, 6) is -0.320. The Balaban J connectivity index is 1.58. The van der Waals surface area contributed by atoms with Crippen LogP contribution in [-0.4, -0.2) is 28.5 Å². The molecule has 2 amide bonds. The first-order chi connectivity index (χ1) is 15.0. The lowest BCUT2D eigenvalue weighted by Gasteiger charge is -2.29. The van der Waals surface area contributed by atoms with Gasteiger partial charge in [-0.25, -0.2) is 4.39 Å². The standard InChI is InChI=1S/C24H20ClFN2O2S/c25-19-8-4-7-18(13-19)24-28(23(30)17-5-2-1-3-6-17)21(15-31-24)22(29)27-14-16-9-11-20(26)12-10-16/h1-13,21,24H,14-15H2,(H,27,29). The predicted molar refractivity (Wildman–Crippen MR) is 121 cm³/mol. The molecule has 1 aliphatic heterocycles. The molecule has 1 saturated heterocycles. The molecule has 4 rings (SSSR count). The Bertz CT molecular complexity index is 1080. The summed E-state index contributed by atoms with van der Waals surface area (Å²) in [5.41, 5.74) is 2.18. The van der Waals surface area contributed by atoms with Gasteiger partial charge in [-0.05, 0) is 47.5 Å². The SMILES string of the molecule is O=C(NCc1ccc(F)cc1)C1CSC(c2cccc(Cl)c2)N1C(=O)c1ccccc1. The third kappa shape index (κ3) is 4.92. The Hall–Kier alpha value is -2.83. The Labute approximate surface area is 189 Å². The Morgan fingerprint density at radius 1 is 1.03 bits per heavy atom. The summed E-state index contributed by atoms with van der Waals surface area (Å²) in [7, 11) is 0. The molecule has 0 aromatic heterocycles. The molecule has 7 heteroatoms. The van der Waals surface area contributed by atoms with E-state index < -0.39 is 6.04 Å². The molecule has 4 nitrogen and oxygen atoms in total. The second-order valence-electron chi connectivity index (χ2n) is 7.18. The highest BCUT2D eigenvalue weighted by Crippen LogP contribution is 2.42. The number of thioether (sulfide) groups is 1. The molecular weight excluding hydrogens is 435 g/mol. The van der Waals surface area contributed by atoms with Crippen molar-refractivity contribution in [2.75, 3.05) is 5.75 Å². The van der Waals surface area contributed by atoms with Crippen LogP contribution in [0.5, 0.6) is 0 Å². The van der Waals surface area contributed by atoms with Gasteiger partial charge in [0.05, 0.1) is 0 Å². The number of hydrogen-bond donors (Lipinski definition) is 1. The van der Waals surface area contributed by atoms with E-state index in [2.05, 4.69) is 5.32 Å². The highest BCUT2D eigenvalue weighted by Gasteiger charge is 2.42. The molecule has 0 bridgehead atoms. The lowest BCUT2D eigenvalue weighted by atomic mass is 10.1. The quantitative estimate of drug-likeness (QED) is 0.586. The van der Waals surface area contributed by atoms with Crippen LogP contribution >= 0.6 is 23.4 Å². The van der Waals surface area contributed by atoms with Crippen LogP contribution in [0.4, 0.5) is 4.39 Å². The molecule has 3 aromatic rings. The summed E-state index contributed by atoms with van der Waals surface area (Å²) in [6, 6.07) is 21.6. The van der Waals surface area contributed by atoms with Gasteiger partial charge >= 0.3 is 0 Å². The fourth-order valence-electron chi connectivity index (χ4n) is 3.51. The topological polar surface area (TPSA) is 49.4 Å². The van der Waals surface area contributed by atoms with Crippen molar-refractivity contribution in [3.63, 3.8) is 0 Å². The van der Waals surface area contributed by atoms with Crippen LogP contribution in [0.2, 0.25) is 5.02 Å². The van der Waals surface area contributed by atoms with Crippen molar-refractivity contribution < 1.29 is 14.0 Å². The van der Waals surface area contributed by atoms with E-state index in [1.54, 1.807) is 47.4 Å². The van der Waals surface area contributed by atoms with Crippen molar-refractivity contribution >= 4 is 35.2 Å². The highest BCUT2D eigenvalue weighted by atomic mass is 35.5. The fourth-order valence-corrected chi connectivity index (χ4v) is 5.13. The van der Waals surface area contributed by atoms with Crippen molar-refractivity contribution in [1.29, 1.82) is 0 Å². The summed E-state index contributed by atoms with van der Waals surface area (Å²) in [6.07, 6.45) is 0. The largest absolute Gasteiger partial charge is 0.350 e. The van der Waals surface area contributed by atoms with E-state index in [9.17, 15) is 14.0 Å². The maximum atomic E-state index is 13.4. The monoisotopic (exact) mass is 454 g/mol. The molecule has 1 fully saturated rings. The third-order valence-corrected chi connectivity index (χ3v) is 6.63. The van der Waals surface area contributed by atoms with Crippen molar-refractivity contribution in [2.24, 2.45) is 0 Å². The molecule has 158 valence electrons. The molecule has 1 heterocycles. The lowest BCUT2D eigenvalue weighted by Crippen LogP contribution is -2.47. The van der Waals surface area contributed by atoms with Gasteiger partial charge in [-0.15, -0.1) is 11.8 Å². The van der Waals surface area contributed by atoms with Crippen LogP contribution in [-0.2, 0) is 11.3 Å². The van der Waals surface area contributed by atoms with E-state index in [-0.39, 0.29) is 29.6 Å². The van der Waals surface area contributed by atoms with Gasteiger partial charge in [0.25, 0.3) is 5.91 Å². The van der Waals surface area contributed by atoms with Gasteiger partial charge in [-0.3, -0.25) is 9.59 Å². The van der Waals surface area contributed by atoms with Crippen LogP contribution in [0.25, 0.3) is 0 Å². The van der Waals surface area contributed by atoms with Gasteiger partial charge in [0, 0.05) is 22.9 Å². The van der Waals surface area contributed by atoms with Crippen molar-refractivity contribution in [1.82, 2.24) is 10.2 Å². The van der Waals surface area contributed by atoms with Gasteiger partial charge < -0.3 is 10.2 Å². The normalized spacial score (nSPS) is 18.1. The number of hydrogen-bond acceptors (Lipinski definition) is 3. The van der Waals surface area contributed by atoms with Crippen LogP contribution in [0.3, 0.4) is 0 Å². The number of benzene rings is 3. The zero-order chi connectivity index (χ0) is 21.8. The lowest BCUT2D eigenvalue weighted by molar-refractivity contribution is -0.125. The van der Waals surface area contributed by atoms with E-state index in [1.165, 1.54) is 23.9 Å². The van der Waals surface area contributed by atoms with Gasteiger partial charge in [0.15, 0.2) is 0 Å². The first-order valence-electron chi connectivity index (χ1n) is 9.80. The fraction of sp³-hybridized carbons (Fsp3) is 0.167. The minimum Gasteiger partial charge on any atom is -0.350 e. The molecule has 0 spiro atoms. The van der Waals surface area contributed by atoms with Crippen LogP contribution in [0.1, 0.15) is 26.9 Å². The minimum absolute atomic E-state index is 0.211. The molecule has 3 aromatic carbocycles. The number of carbonyl (C=O) groups is 2. The molecule has 1 N–H and O–H groups in total. The Morgan fingerprint density at radius 2 is 1.77 bits per heavy atom. The third-order valence-electron chi connectivity index (χ3n) is 5.07. The maximum absolute atomic E-state index is 13.4. The summed E-state index contributed by atoms with van der Waals surface area (Å²) < 4.78 is 13.1. The highest BCUT2D eigenvalue weighted by molar-refractivity contribution is 7.99. The van der Waals surface area contributed by atoms with Crippen LogP contribution < -0.4 is 5.32 Å². The molecule has 31 heavy (non-hydrogen) atoms. The van der Waals surface area contributed by atoms with Gasteiger partial charge in [0.2, 0.25) is 5.91 Å².